The van der Waals surface area contributed by atoms with Crippen LogP contribution in [0.3, 0.4) is 0 Å². The molecular weight excluding hydrogens is 218 g/mol. The van der Waals surface area contributed by atoms with Crippen LogP contribution in [0.5, 0.6) is 0 Å². The van der Waals surface area contributed by atoms with Crippen molar-refractivity contribution in [1.29, 1.82) is 0 Å². The molecule has 0 spiro atoms. The molecule has 2 atom stereocenters. The highest BCUT2D eigenvalue weighted by atomic mass is 32.2. The number of thioether (sulfide) groups is 1. The topological polar surface area (TPSA) is 20.3 Å². The number of rotatable bonds is 4. The van der Waals surface area contributed by atoms with E-state index in [1.807, 2.05) is 17.8 Å². The van der Waals surface area contributed by atoms with E-state index in [1.165, 1.54) is 25.7 Å². The van der Waals surface area contributed by atoms with E-state index in [0.29, 0.717) is 24.4 Å². The summed E-state index contributed by atoms with van der Waals surface area (Å²) < 4.78 is 0. The lowest BCUT2D eigenvalue weighted by atomic mass is 10.0. The SMILES string of the molecule is C=CCCC(=O)N1C2CCC1CC(SC)C2. The molecule has 2 nitrogen and oxygen atoms in total. The molecule has 1 amide bonds. The summed E-state index contributed by atoms with van der Waals surface area (Å²) in [7, 11) is 0. The van der Waals surface area contributed by atoms with Gasteiger partial charge in [0.25, 0.3) is 0 Å². The van der Waals surface area contributed by atoms with Gasteiger partial charge in [0.15, 0.2) is 0 Å². The summed E-state index contributed by atoms with van der Waals surface area (Å²) in [5.41, 5.74) is 0. The van der Waals surface area contributed by atoms with Gasteiger partial charge in [-0.1, -0.05) is 6.08 Å². The van der Waals surface area contributed by atoms with Crippen molar-refractivity contribution in [2.24, 2.45) is 0 Å². The highest BCUT2D eigenvalue weighted by molar-refractivity contribution is 7.99. The lowest BCUT2D eigenvalue weighted by Crippen LogP contribution is -2.47. The second kappa shape index (κ2) is 5.26. The summed E-state index contributed by atoms with van der Waals surface area (Å²) >= 11 is 1.97. The number of carbonyl (C=O) groups excluding carboxylic acids is 1. The first-order valence-corrected chi connectivity index (χ1v) is 7.50. The van der Waals surface area contributed by atoms with Crippen molar-refractivity contribution in [2.45, 2.75) is 55.9 Å². The predicted octanol–water partition coefficient (Wildman–Crippen LogP) is 2.84. The van der Waals surface area contributed by atoms with Gasteiger partial charge < -0.3 is 4.90 Å². The summed E-state index contributed by atoms with van der Waals surface area (Å²) in [5, 5.41) is 0.779. The fraction of sp³-hybridized carbons (Fsp3) is 0.769. The van der Waals surface area contributed by atoms with Crippen LogP contribution in [-0.4, -0.2) is 34.4 Å². The van der Waals surface area contributed by atoms with Crippen molar-refractivity contribution in [2.75, 3.05) is 6.26 Å². The normalized spacial score (nSPS) is 32.8. The molecule has 0 N–H and O–H groups in total. The Balaban J connectivity index is 1.97. The number of hydrogen-bond donors (Lipinski definition) is 0. The van der Waals surface area contributed by atoms with E-state index in [2.05, 4.69) is 17.7 Å². The zero-order valence-electron chi connectivity index (χ0n) is 10.0. The molecule has 0 aromatic carbocycles. The molecule has 2 aliphatic heterocycles. The molecule has 2 bridgehead atoms. The molecule has 2 aliphatic rings. The van der Waals surface area contributed by atoms with Crippen LogP contribution in [0.2, 0.25) is 0 Å². The minimum absolute atomic E-state index is 0.354. The van der Waals surface area contributed by atoms with Gasteiger partial charge in [-0.3, -0.25) is 4.79 Å². The van der Waals surface area contributed by atoms with Gasteiger partial charge in [0.1, 0.15) is 0 Å². The molecule has 16 heavy (non-hydrogen) atoms. The highest BCUT2D eigenvalue weighted by Gasteiger charge is 2.42. The maximum absolute atomic E-state index is 12.1. The average Bonchev–Trinajstić information content (AvgIpc) is 2.57. The molecular formula is C13H21NOS. The Kier molecular flexibility index (Phi) is 3.95. The van der Waals surface area contributed by atoms with Gasteiger partial charge in [0.2, 0.25) is 5.91 Å². The molecule has 0 aromatic rings. The average molecular weight is 239 g/mol. The van der Waals surface area contributed by atoms with E-state index in [-0.39, 0.29) is 0 Å². The minimum atomic E-state index is 0.354. The Morgan fingerprint density at radius 2 is 2.06 bits per heavy atom. The van der Waals surface area contributed by atoms with Crippen molar-refractivity contribution >= 4 is 17.7 Å². The number of nitrogens with zero attached hydrogens (tertiary/aromatic N) is 1. The molecule has 2 heterocycles. The molecule has 2 saturated heterocycles. The van der Waals surface area contributed by atoms with E-state index >= 15 is 0 Å². The molecule has 3 heteroatoms. The van der Waals surface area contributed by atoms with Crippen LogP contribution < -0.4 is 0 Å². The lowest BCUT2D eigenvalue weighted by molar-refractivity contribution is -0.135. The Bertz CT molecular complexity index is 265. The van der Waals surface area contributed by atoms with Crippen LogP contribution in [-0.2, 0) is 4.79 Å². The van der Waals surface area contributed by atoms with Crippen LogP contribution in [0.4, 0.5) is 0 Å². The third-order valence-corrected chi connectivity index (χ3v) is 4.93. The van der Waals surface area contributed by atoms with Crippen LogP contribution in [0.15, 0.2) is 12.7 Å². The van der Waals surface area contributed by atoms with Gasteiger partial charge in [-0.15, -0.1) is 6.58 Å². The Labute approximate surface area is 102 Å². The minimum Gasteiger partial charge on any atom is -0.337 e. The predicted molar refractivity (Wildman–Crippen MR) is 69.6 cm³/mol. The molecule has 2 fully saturated rings. The molecule has 90 valence electrons. The van der Waals surface area contributed by atoms with E-state index in [0.717, 1.165) is 11.7 Å². The Morgan fingerprint density at radius 3 is 2.56 bits per heavy atom. The van der Waals surface area contributed by atoms with Crippen molar-refractivity contribution in [3.63, 3.8) is 0 Å². The van der Waals surface area contributed by atoms with Crippen molar-refractivity contribution < 1.29 is 4.79 Å². The van der Waals surface area contributed by atoms with E-state index in [1.54, 1.807) is 0 Å². The molecule has 0 aromatic heterocycles. The van der Waals surface area contributed by atoms with Crippen LogP contribution >= 0.6 is 11.8 Å². The third-order valence-electron chi connectivity index (χ3n) is 3.87. The summed E-state index contributed by atoms with van der Waals surface area (Å²) in [6.45, 7) is 3.68. The molecule has 0 radical (unpaired) electrons. The summed E-state index contributed by atoms with van der Waals surface area (Å²) in [5.74, 6) is 0.354. The summed E-state index contributed by atoms with van der Waals surface area (Å²) in [4.78, 5) is 14.3. The highest BCUT2D eigenvalue weighted by Crippen LogP contribution is 2.39. The van der Waals surface area contributed by atoms with Crippen molar-refractivity contribution in [1.82, 2.24) is 4.90 Å². The Hall–Kier alpha value is -0.440. The molecule has 2 unspecified atom stereocenters. The van der Waals surface area contributed by atoms with Crippen molar-refractivity contribution in [3.05, 3.63) is 12.7 Å². The number of hydrogen-bond acceptors (Lipinski definition) is 2. The van der Waals surface area contributed by atoms with Crippen LogP contribution in [0, 0.1) is 0 Å². The second-order valence-electron chi connectivity index (χ2n) is 4.84. The standard InChI is InChI=1S/C13H21NOS/c1-3-4-5-13(15)14-10-6-7-11(14)9-12(8-10)16-2/h3,10-12H,1,4-9H2,2H3. The number of amides is 1. The second-order valence-corrected chi connectivity index (χ2v) is 5.98. The molecule has 2 rings (SSSR count). The number of fused-ring (bicyclic) bond motifs is 2. The molecule has 0 aliphatic carbocycles. The maximum atomic E-state index is 12.1. The van der Waals surface area contributed by atoms with Crippen molar-refractivity contribution in [3.8, 4) is 0 Å². The number of piperidine rings is 1. The fourth-order valence-corrected chi connectivity index (χ4v) is 3.91. The van der Waals surface area contributed by atoms with Gasteiger partial charge in [-0.25, -0.2) is 0 Å². The lowest BCUT2D eigenvalue weighted by Gasteiger charge is -2.38. The quantitative estimate of drug-likeness (QED) is 0.703. The van der Waals surface area contributed by atoms with E-state index in [9.17, 15) is 4.79 Å². The van der Waals surface area contributed by atoms with Crippen LogP contribution in [0.1, 0.15) is 38.5 Å². The summed E-state index contributed by atoms with van der Waals surface area (Å²) in [6.07, 6.45) is 10.4. The first-order valence-electron chi connectivity index (χ1n) is 6.21. The summed E-state index contributed by atoms with van der Waals surface area (Å²) in [6, 6.07) is 1.07. The van der Waals surface area contributed by atoms with Gasteiger partial charge in [0.05, 0.1) is 0 Å². The third kappa shape index (κ3) is 2.29. The van der Waals surface area contributed by atoms with E-state index in [4.69, 9.17) is 0 Å². The maximum Gasteiger partial charge on any atom is 0.223 e. The first kappa shape index (κ1) is 12.0. The first-order chi connectivity index (χ1) is 7.76. The number of carbonyl (C=O) groups is 1. The van der Waals surface area contributed by atoms with Gasteiger partial charge in [0, 0.05) is 23.8 Å². The number of allylic oxidation sites excluding steroid dienone is 1. The molecule has 0 saturated carbocycles. The van der Waals surface area contributed by atoms with Gasteiger partial charge in [-0.2, -0.15) is 11.8 Å². The smallest absolute Gasteiger partial charge is 0.223 e. The van der Waals surface area contributed by atoms with Gasteiger partial charge >= 0.3 is 0 Å². The van der Waals surface area contributed by atoms with E-state index < -0.39 is 0 Å². The largest absolute Gasteiger partial charge is 0.337 e. The zero-order valence-corrected chi connectivity index (χ0v) is 10.8. The van der Waals surface area contributed by atoms with Crippen LogP contribution in [0.25, 0.3) is 0 Å². The Morgan fingerprint density at radius 1 is 1.44 bits per heavy atom. The van der Waals surface area contributed by atoms with Gasteiger partial charge in [-0.05, 0) is 38.4 Å². The zero-order chi connectivity index (χ0) is 11.5. The fourth-order valence-electron chi connectivity index (χ4n) is 3.08. The monoisotopic (exact) mass is 239 g/mol.